The smallest absolute Gasteiger partial charge is 0.0131 e. The Morgan fingerprint density at radius 1 is 1.22 bits per heavy atom. The second-order valence-electron chi connectivity index (χ2n) is 9.24. The molecule has 0 bridgehead atoms. The molecular weight excluding hydrogens is 324 g/mol. The molecule has 0 heterocycles. The van der Waals surface area contributed by atoms with E-state index in [4.69, 9.17) is 0 Å². The Morgan fingerprint density at radius 2 is 1.96 bits per heavy atom. The van der Waals surface area contributed by atoms with E-state index in [-0.39, 0.29) is 0 Å². The minimum Gasteiger partial charge on any atom is -0.0995 e. The summed E-state index contributed by atoms with van der Waals surface area (Å²) in [7, 11) is 0. The number of allylic oxidation sites excluding steroid dienone is 7. The van der Waals surface area contributed by atoms with Gasteiger partial charge in [0.2, 0.25) is 0 Å². The molecule has 3 aliphatic rings. The maximum absolute atomic E-state index is 4.60. The van der Waals surface area contributed by atoms with E-state index in [1.165, 1.54) is 50.5 Å². The molecule has 6 atom stereocenters. The van der Waals surface area contributed by atoms with Crippen molar-refractivity contribution in [2.24, 2.45) is 35.5 Å². The van der Waals surface area contributed by atoms with Gasteiger partial charge in [-0.2, -0.15) is 0 Å². The second-order valence-corrected chi connectivity index (χ2v) is 9.24. The van der Waals surface area contributed by atoms with Crippen LogP contribution in [0.2, 0.25) is 0 Å². The Balaban J connectivity index is 0.00000126. The summed E-state index contributed by atoms with van der Waals surface area (Å²) in [6, 6.07) is 0. The molecule has 0 N–H and O–H groups in total. The third kappa shape index (κ3) is 5.97. The van der Waals surface area contributed by atoms with Crippen LogP contribution in [-0.4, -0.2) is 0 Å². The molecular formula is C27H44. The van der Waals surface area contributed by atoms with Crippen LogP contribution < -0.4 is 0 Å². The Morgan fingerprint density at radius 3 is 2.56 bits per heavy atom. The van der Waals surface area contributed by atoms with E-state index in [0.717, 1.165) is 23.7 Å². The first-order chi connectivity index (χ1) is 13.0. The van der Waals surface area contributed by atoms with Gasteiger partial charge >= 0.3 is 0 Å². The predicted octanol–water partition coefficient (Wildman–Crippen LogP) is 8.53. The van der Waals surface area contributed by atoms with Crippen LogP contribution in [0, 0.1) is 35.5 Å². The summed E-state index contributed by atoms with van der Waals surface area (Å²) >= 11 is 0. The lowest BCUT2D eigenvalue weighted by atomic mass is 9.72. The van der Waals surface area contributed by atoms with E-state index < -0.39 is 0 Å². The number of fused-ring (bicyclic) bond motifs is 1. The molecule has 0 amide bonds. The van der Waals surface area contributed by atoms with E-state index in [0.29, 0.717) is 11.8 Å². The highest BCUT2D eigenvalue weighted by atomic mass is 14.5. The van der Waals surface area contributed by atoms with Crippen LogP contribution in [0.25, 0.3) is 0 Å². The van der Waals surface area contributed by atoms with Gasteiger partial charge in [0.25, 0.3) is 0 Å². The molecule has 3 aliphatic carbocycles. The number of hydrogen-bond acceptors (Lipinski definition) is 0. The molecule has 0 nitrogen and oxygen atoms in total. The van der Waals surface area contributed by atoms with Crippen molar-refractivity contribution < 1.29 is 0 Å². The first-order valence-corrected chi connectivity index (χ1v) is 11.7. The van der Waals surface area contributed by atoms with Gasteiger partial charge in [0.1, 0.15) is 0 Å². The lowest BCUT2D eigenvalue weighted by Crippen LogP contribution is -2.22. The van der Waals surface area contributed by atoms with E-state index in [1.807, 2.05) is 13.8 Å². The summed E-state index contributed by atoms with van der Waals surface area (Å²) in [6.07, 6.45) is 18.9. The Hall–Kier alpha value is -1.04. The minimum atomic E-state index is 0.707. The molecule has 0 saturated heterocycles. The fourth-order valence-corrected chi connectivity index (χ4v) is 5.08. The zero-order valence-corrected chi connectivity index (χ0v) is 18.9. The minimum absolute atomic E-state index is 0.707. The predicted molar refractivity (Wildman–Crippen MR) is 122 cm³/mol. The van der Waals surface area contributed by atoms with E-state index in [9.17, 15) is 0 Å². The number of rotatable bonds is 8. The SMILES string of the molecule is C=C(CC(C/C=C\C(C)CC)C1CC=C2CC21)C1CC(C)=CCC1C.CC. The maximum atomic E-state index is 4.60. The van der Waals surface area contributed by atoms with Gasteiger partial charge < -0.3 is 0 Å². The van der Waals surface area contributed by atoms with Gasteiger partial charge in [-0.25, -0.2) is 0 Å². The zero-order valence-electron chi connectivity index (χ0n) is 18.9. The standard InChI is InChI=1S/C25H38.C2H6/c1-6-17(2)8-7-9-21(23-13-12-22-16-25(22)23)15-20(5)24-14-18(3)10-11-19(24)4;1-2/h7-8,10,12,17,19,21,23-25H,5-6,9,11,13-16H2,1-4H3;1-2H3/b8-7-;. The molecule has 0 heteroatoms. The first kappa shape index (κ1) is 22.3. The highest BCUT2D eigenvalue weighted by Crippen LogP contribution is 2.55. The van der Waals surface area contributed by atoms with Crippen LogP contribution in [0.3, 0.4) is 0 Å². The third-order valence-corrected chi connectivity index (χ3v) is 7.21. The molecule has 1 fully saturated rings. The molecule has 1 saturated carbocycles. The molecule has 0 aromatic heterocycles. The second kappa shape index (κ2) is 10.5. The van der Waals surface area contributed by atoms with Crippen LogP contribution in [0.4, 0.5) is 0 Å². The monoisotopic (exact) mass is 368 g/mol. The lowest BCUT2D eigenvalue weighted by Gasteiger charge is -2.33. The molecule has 27 heavy (non-hydrogen) atoms. The van der Waals surface area contributed by atoms with Crippen molar-refractivity contribution in [1.29, 1.82) is 0 Å². The van der Waals surface area contributed by atoms with Crippen LogP contribution in [0.5, 0.6) is 0 Å². The average Bonchev–Trinajstić information content (AvgIpc) is 3.34. The Labute approximate surface area is 169 Å². The molecule has 152 valence electrons. The molecule has 0 aliphatic heterocycles. The van der Waals surface area contributed by atoms with Crippen molar-refractivity contribution in [3.63, 3.8) is 0 Å². The van der Waals surface area contributed by atoms with Gasteiger partial charge in [-0.15, -0.1) is 0 Å². The van der Waals surface area contributed by atoms with Crippen LogP contribution >= 0.6 is 0 Å². The van der Waals surface area contributed by atoms with Crippen LogP contribution in [0.15, 0.2) is 47.6 Å². The topological polar surface area (TPSA) is 0 Å². The van der Waals surface area contributed by atoms with Crippen molar-refractivity contribution in [2.75, 3.05) is 0 Å². The maximum Gasteiger partial charge on any atom is -0.0131 e. The fraction of sp³-hybridized carbons (Fsp3) is 0.704. The van der Waals surface area contributed by atoms with Crippen molar-refractivity contribution in [1.82, 2.24) is 0 Å². The summed E-state index contributed by atoms with van der Waals surface area (Å²) in [5, 5.41) is 0. The highest BCUT2D eigenvalue weighted by Gasteiger charge is 2.44. The van der Waals surface area contributed by atoms with E-state index >= 15 is 0 Å². The fourth-order valence-electron chi connectivity index (χ4n) is 5.08. The number of hydrogen-bond donors (Lipinski definition) is 0. The van der Waals surface area contributed by atoms with Crippen molar-refractivity contribution in [3.05, 3.63) is 47.6 Å². The van der Waals surface area contributed by atoms with Crippen molar-refractivity contribution in [2.45, 2.75) is 86.5 Å². The van der Waals surface area contributed by atoms with Gasteiger partial charge in [0.05, 0.1) is 0 Å². The third-order valence-electron chi connectivity index (χ3n) is 7.21. The molecule has 0 aromatic carbocycles. The Bertz CT molecular complexity index is 573. The summed E-state index contributed by atoms with van der Waals surface area (Å²) in [5.41, 5.74) is 4.87. The van der Waals surface area contributed by atoms with Crippen LogP contribution in [0.1, 0.15) is 86.5 Å². The quantitative estimate of drug-likeness (QED) is 0.376. The van der Waals surface area contributed by atoms with Crippen molar-refractivity contribution in [3.8, 4) is 0 Å². The van der Waals surface area contributed by atoms with Gasteiger partial charge in [0, 0.05) is 0 Å². The average molecular weight is 369 g/mol. The summed E-state index contributed by atoms with van der Waals surface area (Å²) < 4.78 is 0. The van der Waals surface area contributed by atoms with Crippen LogP contribution in [-0.2, 0) is 0 Å². The van der Waals surface area contributed by atoms with E-state index in [2.05, 4.69) is 58.6 Å². The summed E-state index contributed by atoms with van der Waals surface area (Å²) in [5.74, 6) is 4.81. The summed E-state index contributed by atoms with van der Waals surface area (Å²) in [4.78, 5) is 0. The van der Waals surface area contributed by atoms with Crippen molar-refractivity contribution >= 4 is 0 Å². The van der Waals surface area contributed by atoms with Gasteiger partial charge in [-0.05, 0) is 81.0 Å². The van der Waals surface area contributed by atoms with Gasteiger partial charge in [-0.3, -0.25) is 0 Å². The summed E-state index contributed by atoms with van der Waals surface area (Å²) in [6.45, 7) is 17.9. The molecule has 6 unspecified atom stereocenters. The highest BCUT2D eigenvalue weighted by molar-refractivity contribution is 5.31. The first-order valence-electron chi connectivity index (χ1n) is 11.7. The molecule has 0 aromatic rings. The van der Waals surface area contributed by atoms with E-state index in [1.54, 1.807) is 11.1 Å². The largest absolute Gasteiger partial charge is 0.0995 e. The molecule has 0 spiro atoms. The lowest BCUT2D eigenvalue weighted by molar-refractivity contribution is 0.290. The normalized spacial score (nSPS) is 31.3. The van der Waals surface area contributed by atoms with Gasteiger partial charge in [-0.1, -0.05) is 88.6 Å². The van der Waals surface area contributed by atoms with Gasteiger partial charge in [0.15, 0.2) is 0 Å². The molecule has 0 radical (unpaired) electrons. The Kier molecular flexibility index (Phi) is 8.64. The molecule has 3 rings (SSSR count). The zero-order chi connectivity index (χ0) is 20.0.